The van der Waals surface area contributed by atoms with Gasteiger partial charge in [-0.15, -0.1) is 4.89 Å². The van der Waals surface area contributed by atoms with Gasteiger partial charge in [-0.3, -0.25) is 0 Å². The minimum Gasteiger partial charge on any atom is -0.133 e. The van der Waals surface area contributed by atoms with E-state index in [1.54, 1.807) is 13.8 Å². The van der Waals surface area contributed by atoms with E-state index in [1.165, 1.54) is 0 Å². The minimum absolute atomic E-state index is 0.521. The molecule has 60 valence electrons. The first-order valence-corrected chi connectivity index (χ1v) is 4.59. The fourth-order valence-corrected chi connectivity index (χ4v) is 1.23. The van der Waals surface area contributed by atoms with Gasteiger partial charge in [0.2, 0.25) is 0 Å². The van der Waals surface area contributed by atoms with Crippen LogP contribution >= 0.6 is 19.9 Å². The number of halogens is 1. The molecule has 0 saturated heterocycles. The lowest BCUT2D eigenvalue weighted by Crippen LogP contribution is -2.19. The fraction of sp³-hybridized carbons (Fsp3) is 1.00. The van der Waals surface area contributed by atoms with Gasteiger partial charge in [-0.2, -0.15) is 0 Å². The van der Waals surface area contributed by atoms with Gasteiger partial charge in [0.1, 0.15) is 0 Å². The highest BCUT2D eigenvalue weighted by Crippen LogP contribution is 2.34. The highest BCUT2D eigenvalue weighted by molar-refractivity contribution is 7.32. The van der Waals surface area contributed by atoms with E-state index < -0.39 is 13.3 Å². The summed E-state index contributed by atoms with van der Waals surface area (Å²) >= 11 is 5.74. The van der Waals surface area contributed by atoms with Crippen molar-refractivity contribution < 1.29 is 14.0 Å². The zero-order chi connectivity index (χ0) is 8.20. The van der Waals surface area contributed by atoms with Crippen LogP contribution < -0.4 is 0 Å². The van der Waals surface area contributed by atoms with Crippen LogP contribution in [0.5, 0.6) is 0 Å². The molecule has 0 fully saturated rings. The minimum atomic E-state index is -2.58. The molecule has 1 N–H and O–H groups in total. The zero-order valence-corrected chi connectivity index (χ0v) is 7.65. The van der Waals surface area contributed by atoms with E-state index in [2.05, 4.69) is 4.52 Å². The summed E-state index contributed by atoms with van der Waals surface area (Å²) in [4.78, 5) is 8.35. The van der Waals surface area contributed by atoms with Crippen LogP contribution in [0.15, 0.2) is 0 Å². The molecule has 1 atom stereocenters. The van der Waals surface area contributed by atoms with Crippen molar-refractivity contribution >= 4 is 19.9 Å². The maximum Gasteiger partial charge on any atom is 0.696 e. The summed E-state index contributed by atoms with van der Waals surface area (Å²) in [6.07, 6.45) is 1.04. The Bertz CT molecular complexity index is 124. The van der Waals surface area contributed by atoms with E-state index in [0.29, 0.717) is 12.8 Å². The van der Waals surface area contributed by atoms with E-state index in [0.717, 1.165) is 0 Å². The molecule has 0 spiro atoms. The van der Waals surface area contributed by atoms with Crippen LogP contribution in [0.1, 0.15) is 26.7 Å². The molecule has 5 heteroatoms. The number of hydrogen-bond donors (Lipinski definition) is 1. The average Bonchev–Trinajstić information content (AvgIpc) is 1.87. The normalized spacial score (nSPS) is 13.4. The molecule has 0 heterocycles. The van der Waals surface area contributed by atoms with E-state index in [1.807, 2.05) is 0 Å². The Hall–Kier alpha value is 0.310. The largest absolute Gasteiger partial charge is 0.696 e. The maximum atomic E-state index is 10.2. The number of hydrogen-bond acceptors (Lipinski definition) is 2. The lowest BCUT2D eigenvalue weighted by molar-refractivity contribution is 0.139. The van der Waals surface area contributed by atoms with Gasteiger partial charge in [-0.25, -0.2) is 0 Å². The molecule has 0 saturated carbocycles. The second-order valence-corrected chi connectivity index (χ2v) is 3.27. The smallest absolute Gasteiger partial charge is 0.133 e. The van der Waals surface area contributed by atoms with Crippen molar-refractivity contribution in [2.24, 2.45) is 0 Å². The molecule has 0 aromatic carbocycles. The zero-order valence-electron chi connectivity index (χ0n) is 6.00. The molecule has 0 bridgehead atoms. The van der Waals surface area contributed by atoms with Crippen LogP contribution in [-0.4, -0.2) is 9.95 Å². The summed E-state index contributed by atoms with van der Waals surface area (Å²) in [5.41, 5.74) is 0. The van der Waals surface area contributed by atoms with Crippen molar-refractivity contribution in [1.82, 2.24) is 0 Å². The van der Waals surface area contributed by atoms with Crippen LogP contribution in [0.2, 0.25) is 0 Å². The third-order valence-electron chi connectivity index (χ3n) is 1.30. The van der Waals surface area contributed by atoms with Gasteiger partial charge in [0.15, 0.2) is 5.06 Å². The maximum absolute atomic E-state index is 10.2. The van der Waals surface area contributed by atoms with Gasteiger partial charge >= 0.3 is 8.25 Å². The van der Waals surface area contributed by atoms with Crippen molar-refractivity contribution in [1.29, 1.82) is 0 Å². The molecule has 0 rings (SSSR count). The number of alkyl halides is 1. The van der Waals surface area contributed by atoms with Crippen molar-refractivity contribution in [3.63, 3.8) is 0 Å². The molecule has 0 amide bonds. The molecular weight excluding hydrogens is 174 g/mol. The molecular formula is C5H11ClO3P+. The van der Waals surface area contributed by atoms with Crippen LogP contribution in [0.25, 0.3) is 0 Å². The second-order valence-electron chi connectivity index (χ2n) is 1.92. The monoisotopic (exact) mass is 185 g/mol. The van der Waals surface area contributed by atoms with Crippen LogP contribution in [0.3, 0.4) is 0 Å². The topological polar surface area (TPSA) is 46.5 Å². The Labute approximate surface area is 66.3 Å². The predicted octanol–water partition coefficient (Wildman–Crippen LogP) is 2.41. The third-order valence-corrected chi connectivity index (χ3v) is 2.52. The summed E-state index contributed by atoms with van der Waals surface area (Å²) in [5.74, 6) is 0. The van der Waals surface area contributed by atoms with Crippen molar-refractivity contribution in [3.8, 4) is 0 Å². The van der Waals surface area contributed by atoms with Gasteiger partial charge in [-0.1, -0.05) is 30.0 Å². The SMILES string of the molecule is CCC(Cl)(CC)O[P+](=O)O. The fourth-order valence-electron chi connectivity index (χ4n) is 0.519. The van der Waals surface area contributed by atoms with E-state index in [4.69, 9.17) is 16.5 Å². The van der Waals surface area contributed by atoms with Gasteiger partial charge in [0.05, 0.1) is 0 Å². The van der Waals surface area contributed by atoms with Crippen LogP contribution in [0.4, 0.5) is 0 Å². The Morgan fingerprint density at radius 2 is 2.00 bits per heavy atom. The molecule has 0 aliphatic rings. The molecule has 0 aliphatic heterocycles. The first-order chi connectivity index (χ1) is 4.54. The highest BCUT2D eigenvalue weighted by Gasteiger charge is 2.34. The first-order valence-electron chi connectivity index (χ1n) is 3.08. The molecule has 0 aliphatic carbocycles. The lowest BCUT2D eigenvalue weighted by Gasteiger charge is -2.14. The highest BCUT2D eigenvalue weighted by atomic mass is 35.5. The molecule has 3 nitrogen and oxygen atoms in total. The van der Waals surface area contributed by atoms with Crippen molar-refractivity contribution in [2.45, 2.75) is 31.7 Å². The summed E-state index contributed by atoms with van der Waals surface area (Å²) < 4.78 is 14.7. The number of rotatable bonds is 4. The van der Waals surface area contributed by atoms with Gasteiger partial charge in [-0.05, 0) is 12.8 Å². The van der Waals surface area contributed by atoms with Gasteiger partial charge in [0, 0.05) is 4.57 Å². The lowest BCUT2D eigenvalue weighted by atomic mass is 10.2. The summed E-state index contributed by atoms with van der Waals surface area (Å²) in [6, 6.07) is 0. The average molecular weight is 186 g/mol. The van der Waals surface area contributed by atoms with E-state index in [-0.39, 0.29) is 0 Å². The van der Waals surface area contributed by atoms with E-state index in [9.17, 15) is 4.57 Å². The first kappa shape index (κ1) is 10.3. The third kappa shape index (κ3) is 3.47. The molecule has 10 heavy (non-hydrogen) atoms. The van der Waals surface area contributed by atoms with Crippen molar-refractivity contribution in [3.05, 3.63) is 0 Å². The Kier molecular flexibility index (Phi) is 4.37. The Balaban J connectivity index is 3.92. The summed E-state index contributed by atoms with van der Waals surface area (Å²) in [5, 5.41) is -0.956. The summed E-state index contributed by atoms with van der Waals surface area (Å²) in [6.45, 7) is 3.60. The molecule has 0 aromatic heterocycles. The quantitative estimate of drug-likeness (QED) is 0.541. The van der Waals surface area contributed by atoms with Gasteiger partial charge < -0.3 is 0 Å². The Morgan fingerprint density at radius 1 is 1.60 bits per heavy atom. The summed E-state index contributed by atoms with van der Waals surface area (Å²) in [7, 11) is -2.58. The second kappa shape index (κ2) is 4.24. The van der Waals surface area contributed by atoms with Crippen molar-refractivity contribution in [2.75, 3.05) is 0 Å². The Morgan fingerprint density at radius 3 is 2.10 bits per heavy atom. The predicted molar refractivity (Wildman–Crippen MR) is 40.1 cm³/mol. The molecule has 0 aromatic rings. The standard InChI is InChI=1S/C5H10ClO3P/c1-3-5(6,4-2)9-10(7)8/h3-4H2,1-2H3/p+1. The molecule has 1 unspecified atom stereocenters. The van der Waals surface area contributed by atoms with Crippen LogP contribution in [-0.2, 0) is 9.09 Å². The molecule has 0 radical (unpaired) electrons. The van der Waals surface area contributed by atoms with Crippen LogP contribution in [0, 0.1) is 0 Å². The van der Waals surface area contributed by atoms with E-state index >= 15 is 0 Å². The van der Waals surface area contributed by atoms with Gasteiger partial charge in [0.25, 0.3) is 0 Å².